The van der Waals surface area contributed by atoms with Gasteiger partial charge in [-0.15, -0.1) is 0 Å². The van der Waals surface area contributed by atoms with Crippen molar-refractivity contribution in [2.24, 2.45) is 0 Å². The minimum Gasteiger partial charge on any atom is -0.455 e. The molecule has 0 saturated carbocycles. The number of fused-ring (bicyclic) bond motifs is 12. The Morgan fingerprint density at radius 1 is 0.421 bits per heavy atom. The summed E-state index contributed by atoms with van der Waals surface area (Å²) in [5.74, 6) is 0. The average Bonchev–Trinajstić information content (AvgIpc) is 3.94. The van der Waals surface area contributed by atoms with E-state index in [1.165, 1.54) is 0 Å². The van der Waals surface area contributed by atoms with Gasteiger partial charge in [0, 0.05) is 27.2 Å². The van der Waals surface area contributed by atoms with Crippen molar-refractivity contribution in [2.45, 2.75) is 0 Å². The van der Waals surface area contributed by atoms with E-state index in [4.69, 9.17) is 4.42 Å². The van der Waals surface area contributed by atoms with Gasteiger partial charge >= 0.3 is 0 Å². The molecule has 262 valence electrons. The first-order valence-electron chi connectivity index (χ1n) is 18.6. The Kier molecular flexibility index (Phi) is 6.95. The summed E-state index contributed by atoms with van der Waals surface area (Å²) >= 11 is 0. The van der Waals surface area contributed by atoms with Crippen molar-refractivity contribution in [2.75, 3.05) is 0 Å². The average molecular weight is 726 g/mol. The number of nitrogens with zero attached hydrogens (tertiary/aromatic N) is 5. The Hall–Kier alpha value is -8.37. The van der Waals surface area contributed by atoms with E-state index in [1.54, 1.807) is 0 Å². The minimum atomic E-state index is 0.488. The fourth-order valence-electron chi connectivity index (χ4n) is 8.77. The lowest BCUT2D eigenvalue weighted by atomic mass is 9.95. The van der Waals surface area contributed by atoms with Crippen LogP contribution < -0.4 is 0 Å². The molecule has 3 heterocycles. The molecule has 6 heteroatoms. The van der Waals surface area contributed by atoms with Gasteiger partial charge in [0.25, 0.3) is 0 Å². The van der Waals surface area contributed by atoms with Crippen LogP contribution in [0.25, 0.3) is 99.2 Å². The van der Waals surface area contributed by atoms with Crippen molar-refractivity contribution < 1.29 is 4.42 Å². The van der Waals surface area contributed by atoms with Crippen LogP contribution in [0.5, 0.6) is 0 Å². The number of nitriles is 3. The molecule has 11 rings (SSSR count). The summed E-state index contributed by atoms with van der Waals surface area (Å²) in [5, 5.41) is 36.9. The summed E-state index contributed by atoms with van der Waals surface area (Å²) in [6, 6.07) is 61.6. The largest absolute Gasteiger partial charge is 0.455 e. The second kappa shape index (κ2) is 12.3. The van der Waals surface area contributed by atoms with Crippen molar-refractivity contribution in [3.63, 3.8) is 0 Å². The van der Waals surface area contributed by atoms with E-state index >= 15 is 0 Å². The molecule has 8 aromatic carbocycles. The third-order valence-corrected chi connectivity index (χ3v) is 11.1. The molecule has 0 aliphatic heterocycles. The quantitative estimate of drug-likeness (QED) is 0.180. The van der Waals surface area contributed by atoms with Crippen LogP contribution in [0.3, 0.4) is 0 Å². The van der Waals surface area contributed by atoms with E-state index in [0.717, 1.165) is 99.2 Å². The molecule has 0 bridgehead atoms. The molecule has 57 heavy (non-hydrogen) atoms. The molecule has 0 saturated heterocycles. The van der Waals surface area contributed by atoms with Gasteiger partial charge in [-0.1, -0.05) is 97.1 Å². The molecule has 0 aliphatic carbocycles. The molecule has 11 aromatic rings. The number of para-hydroxylation sites is 3. The zero-order valence-electron chi connectivity index (χ0n) is 30.2. The second-order valence-corrected chi connectivity index (χ2v) is 14.2. The van der Waals surface area contributed by atoms with E-state index < -0.39 is 0 Å². The number of furan rings is 1. The Bertz CT molecular complexity index is 3620. The van der Waals surface area contributed by atoms with Gasteiger partial charge in [-0.25, -0.2) is 0 Å². The number of rotatable bonds is 4. The highest BCUT2D eigenvalue weighted by molar-refractivity contribution is 6.39. The van der Waals surface area contributed by atoms with Crippen LogP contribution in [-0.4, -0.2) is 9.13 Å². The third kappa shape index (κ3) is 4.68. The van der Waals surface area contributed by atoms with Crippen LogP contribution >= 0.6 is 0 Å². The lowest BCUT2D eigenvalue weighted by molar-refractivity contribution is 0.673. The second-order valence-electron chi connectivity index (χ2n) is 14.2. The highest BCUT2D eigenvalue weighted by Crippen LogP contribution is 2.49. The van der Waals surface area contributed by atoms with E-state index in [-0.39, 0.29) is 0 Å². The zero-order valence-corrected chi connectivity index (χ0v) is 30.2. The maximum absolute atomic E-state index is 11.0. The van der Waals surface area contributed by atoms with Crippen LogP contribution in [0.1, 0.15) is 16.7 Å². The van der Waals surface area contributed by atoms with Gasteiger partial charge in [0.2, 0.25) is 0 Å². The lowest BCUT2D eigenvalue weighted by Crippen LogP contribution is -1.99. The van der Waals surface area contributed by atoms with Gasteiger partial charge in [0.1, 0.15) is 17.2 Å². The van der Waals surface area contributed by atoms with Crippen LogP contribution in [0.4, 0.5) is 0 Å². The van der Waals surface area contributed by atoms with Gasteiger partial charge in [0.15, 0.2) is 0 Å². The smallest absolute Gasteiger partial charge is 0.147 e. The Balaban J connectivity index is 1.29. The first kappa shape index (κ1) is 32.1. The first-order chi connectivity index (χ1) is 28.1. The van der Waals surface area contributed by atoms with Crippen LogP contribution in [0.15, 0.2) is 168 Å². The van der Waals surface area contributed by atoms with E-state index in [9.17, 15) is 15.8 Å². The van der Waals surface area contributed by atoms with Gasteiger partial charge < -0.3 is 13.6 Å². The van der Waals surface area contributed by atoms with E-state index in [2.05, 4.69) is 69.8 Å². The molecule has 0 amide bonds. The number of benzene rings is 8. The summed E-state index contributed by atoms with van der Waals surface area (Å²) < 4.78 is 11.4. The van der Waals surface area contributed by atoms with Crippen LogP contribution in [0.2, 0.25) is 0 Å². The Morgan fingerprint density at radius 2 is 1.05 bits per heavy atom. The lowest BCUT2D eigenvalue weighted by Gasteiger charge is -2.14. The van der Waals surface area contributed by atoms with Gasteiger partial charge in [-0.2, -0.15) is 15.8 Å². The van der Waals surface area contributed by atoms with Crippen molar-refractivity contribution >= 4 is 65.6 Å². The van der Waals surface area contributed by atoms with Crippen molar-refractivity contribution in [1.29, 1.82) is 15.8 Å². The Labute approximate surface area is 326 Å². The van der Waals surface area contributed by atoms with Crippen molar-refractivity contribution in [1.82, 2.24) is 9.13 Å². The molecule has 0 unspecified atom stereocenters. The molecule has 0 spiro atoms. The van der Waals surface area contributed by atoms with Gasteiger partial charge in [-0.3, -0.25) is 0 Å². The highest BCUT2D eigenvalue weighted by atomic mass is 16.3. The molecule has 0 N–H and O–H groups in total. The number of aromatic nitrogens is 2. The first-order valence-corrected chi connectivity index (χ1v) is 18.6. The van der Waals surface area contributed by atoms with Crippen LogP contribution in [0, 0.1) is 34.0 Å². The van der Waals surface area contributed by atoms with Gasteiger partial charge in [0.05, 0.1) is 67.4 Å². The van der Waals surface area contributed by atoms with Gasteiger partial charge in [-0.05, 0) is 89.0 Å². The molecule has 6 nitrogen and oxygen atoms in total. The molecule has 0 fully saturated rings. The SMILES string of the molecule is N#Cc1cc(-c2ccccc2)cc(-c2ccc(-n3c4ccccc4c4c5oc6ccccc6c5c5c(c6ccccc6n5-c5cccc(C#N)c5)c43)c(C#N)c2)c1. The zero-order chi connectivity index (χ0) is 38.2. The highest BCUT2D eigenvalue weighted by Gasteiger charge is 2.28. The summed E-state index contributed by atoms with van der Waals surface area (Å²) in [7, 11) is 0. The summed E-state index contributed by atoms with van der Waals surface area (Å²) in [4.78, 5) is 0. The molecule has 3 aromatic heterocycles. The van der Waals surface area contributed by atoms with E-state index in [0.29, 0.717) is 16.7 Å². The fourth-order valence-corrected chi connectivity index (χ4v) is 8.77. The predicted octanol–water partition coefficient (Wildman–Crippen LogP) is 12.7. The summed E-state index contributed by atoms with van der Waals surface area (Å²) in [5.41, 5.74) is 12.2. The number of hydrogen-bond acceptors (Lipinski definition) is 4. The standard InChI is InChI=1S/C51H27N5O/c52-28-31-11-10-14-38(25-31)55-43-18-7-4-15-39(43)46-49(55)48-41-17-6-9-20-45(41)57-51(48)47-40-16-5-8-19-44(40)56(50(46)47)42-22-21-34(26-37(42)30-54)36-24-32(29-53)23-35(27-36)33-12-2-1-3-13-33/h1-27H. The van der Waals surface area contributed by atoms with Crippen molar-refractivity contribution in [3.05, 3.63) is 180 Å². The molecular weight excluding hydrogens is 699 g/mol. The molecular formula is C51H27N5O. The Morgan fingerprint density at radius 3 is 1.81 bits per heavy atom. The maximum atomic E-state index is 11.0. The fraction of sp³-hybridized carbons (Fsp3) is 0. The monoisotopic (exact) mass is 725 g/mol. The summed E-state index contributed by atoms with van der Waals surface area (Å²) in [6.07, 6.45) is 0. The van der Waals surface area contributed by atoms with Crippen LogP contribution in [-0.2, 0) is 0 Å². The predicted molar refractivity (Wildman–Crippen MR) is 227 cm³/mol. The minimum absolute atomic E-state index is 0.488. The number of hydrogen-bond donors (Lipinski definition) is 0. The van der Waals surface area contributed by atoms with Crippen molar-refractivity contribution in [3.8, 4) is 51.8 Å². The maximum Gasteiger partial charge on any atom is 0.147 e. The molecule has 0 radical (unpaired) electrons. The van der Waals surface area contributed by atoms with E-state index in [1.807, 2.05) is 121 Å². The topological polar surface area (TPSA) is 94.4 Å². The normalized spacial score (nSPS) is 11.5. The molecule has 0 aliphatic rings. The summed E-state index contributed by atoms with van der Waals surface area (Å²) in [6.45, 7) is 0. The third-order valence-electron chi connectivity index (χ3n) is 11.1. The molecule has 0 atom stereocenters.